The molecule has 0 radical (unpaired) electrons. The van der Waals surface area contributed by atoms with Gasteiger partial charge < -0.3 is 14.2 Å². The van der Waals surface area contributed by atoms with Gasteiger partial charge in [0.25, 0.3) is 0 Å². The molecule has 2 fully saturated rings. The lowest BCUT2D eigenvalue weighted by molar-refractivity contribution is -0.142. The number of aromatic nitrogens is 3. The van der Waals surface area contributed by atoms with Gasteiger partial charge in [-0.25, -0.2) is 14.3 Å². The number of rotatable bonds is 4. The molecule has 3 aliphatic heterocycles. The first-order valence-electron chi connectivity index (χ1n) is 12.2. The van der Waals surface area contributed by atoms with Gasteiger partial charge in [-0.3, -0.25) is 4.90 Å². The van der Waals surface area contributed by atoms with Crippen molar-refractivity contribution in [1.29, 1.82) is 0 Å². The van der Waals surface area contributed by atoms with Crippen LogP contribution >= 0.6 is 0 Å². The van der Waals surface area contributed by atoms with Gasteiger partial charge in [0.1, 0.15) is 0 Å². The monoisotopic (exact) mass is 502 g/mol. The lowest BCUT2D eigenvalue weighted by Gasteiger charge is -2.44. The summed E-state index contributed by atoms with van der Waals surface area (Å²) in [5.74, 6) is 0.423. The lowest BCUT2D eigenvalue weighted by atomic mass is 9.84. The van der Waals surface area contributed by atoms with E-state index in [0.29, 0.717) is 27.6 Å². The topological polar surface area (TPSA) is 78.2 Å². The van der Waals surface area contributed by atoms with Crippen molar-refractivity contribution in [1.82, 2.24) is 19.5 Å². The average molecular weight is 502 g/mol. The van der Waals surface area contributed by atoms with E-state index in [1.54, 1.807) is 18.2 Å². The van der Waals surface area contributed by atoms with Crippen LogP contribution in [0.5, 0.6) is 11.5 Å². The smallest absolute Gasteiger partial charge is 0.433 e. The molecule has 190 valence electrons. The number of piperidine rings is 2. The standard InChI is InChI=1S/C25H25F3N4O4/c26-25(27,28)22-11-17(15-6-7-20-21(10-15)36-14-35-20)29-23-12-18(30-32(22)23)24(33)34-13-16-4-3-9-31-8-2-1-5-19(16)31/h6-7,10-12,16,19H,1-5,8-9,13-14H2/t16-,19-/m0/s1. The zero-order chi connectivity index (χ0) is 24.9. The van der Waals surface area contributed by atoms with E-state index in [0.717, 1.165) is 44.8 Å². The fourth-order valence-electron chi connectivity index (χ4n) is 5.51. The van der Waals surface area contributed by atoms with E-state index in [1.165, 1.54) is 12.5 Å². The molecule has 0 N–H and O–H groups in total. The highest BCUT2D eigenvalue weighted by Crippen LogP contribution is 2.38. The predicted molar refractivity (Wildman–Crippen MR) is 122 cm³/mol. The first-order valence-corrected chi connectivity index (χ1v) is 12.2. The number of halogens is 3. The summed E-state index contributed by atoms with van der Waals surface area (Å²) >= 11 is 0. The zero-order valence-electron chi connectivity index (χ0n) is 19.5. The Labute approximate surface area is 204 Å². The van der Waals surface area contributed by atoms with Gasteiger partial charge in [-0.15, -0.1) is 0 Å². The molecule has 1 aromatic carbocycles. The molecule has 3 aromatic rings. The van der Waals surface area contributed by atoms with Crippen LogP contribution in [0.2, 0.25) is 0 Å². The first-order chi connectivity index (χ1) is 17.4. The lowest BCUT2D eigenvalue weighted by Crippen LogP contribution is -2.49. The van der Waals surface area contributed by atoms with Crippen LogP contribution in [0.15, 0.2) is 30.3 Å². The minimum Gasteiger partial charge on any atom is -0.461 e. The number of hydrogen-bond donors (Lipinski definition) is 0. The highest BCUT2D eigenvalue weighted by atomic mass is 19.4. The van der Waals surface area contributed by atoms with Crippen molar-refractivity contribution in [2.45, 2.75) is 44.3 Å². The maximum atomic E-state index is 13.9. The van der Waals surface area contributed by atoms with Crippen molar-refractivity contribution in [3.63, 3.8) is 0 Å². The molecule has 8 nitrogen and oxygen atoms in total. The number of benzene rings is 1. The minimum absolute atomic E-state index is 0.0484. The van der Waals surface area contributed by atoms with E-state index in [-0.39, 0.29) is 36.4 Å². The van der Waals surface area contributed by atoms with E-state index in [1.807, 2.05) is 0 Å². The molecule has 0 saturated carbocycles. The first kappa shape index (κ1) is 23.1. The van der Waals surface area contributed by atoms with Crippen LogP contribution < -0.4 is 9.47 Å². The number of fused-ring (bicyclic) bond motifs is 3. The van der Waals surface area contributed by atoms with Crippen molar-refractivity contribution in [3.8, 4) is 22.8 Å². The molecule has 5 heterocycles. The van der Waals surface area contributed by atoms with E-state index in [4.69, 9.17) is 14.2 Å². The second-order valence-electron chi connectivity index (χ2n) is 9.49. The predicted octanol–water partition coefficient (Wildman–Crippen LogP) is 4.57. The molecule has 0 unspecified atom stereocenters. The number of carbonyl (C=O) groups excluding carboxylic acids is 1. The fraction of sp³-hybridized carbons (Fsp3) is 0.480. The van der Waals surface area contributed by atoms with Crippen LogP contribution in [0, 0.1) is 5.92 Å². The van der Waals surface area contributed by atoms with Gasteiger partial charge in [-0.2, -0.15) is 18.3 Å². The van der Waals surface area contributed by atoms with Gasteiger partial charge >= 0.3 is 12.1 Å². The molecule has 0 amide bonds. The molecule has 11 heteroatoms. The highest BCUT2D eigenvalue weighted by molar-refractivity contribution is 5.88. The number of hydrogen-bond acceptors (Lipinski definition) is 7. The van der Waals surface area contributed by atoms with E-state index in [2.05, 4.69) is 15.0 Å². The van der Waals surface area contributed by atoms with Crippen molar-refractivity contribution in [3.05, 3.63) is 41.7 Å². The Balaban J connectivity index is 1.27. The molecule has 36 heavy (non-hydrogen) atoms. The molecule has 3 aliphatic rings. The van der Waals surface area contributed by atoms with Gasteiger partial charge in [-0.05, 0) is 63.0 Å². The number of carbonyl (C=O) groups is 1. The molecular weight excluding hydrogens is 477 g/mol. The fourth-order valence-corrected chi connectivity index (χ4v) is 5.51. The quantitative estimate of drug-likeness (QED) is 0.484. The Morgan fingerprint density at radius 2 is 1.89 bits per heavy atom. The van der Waals surface area contributed by atoms with Crippen LogP contribution in [-0.4, -0.2) is 58.0 Å². The average Bonchev–Trinajstić information content (AvgIpc) is 3.52. The third-order valence-corrected chi connectivity index (χ3v) is 7.25. The molecule has 2 atom stereocenters. The molecule has 2 aromatic heterocycles. The summed E-state index contributed by atoms with van der Waals surface area (Å²) in [7, 11) is 0. The summed E-state index contributed by atoms with van der Waals surface area (Å²) in [6.45, 7) is 2.42. The van der Waals surface area contributed by atoms with Crippen LogP contribution in [-0.2, 0) is 10.9 Å². The molecular formula is C25H25F3N4O4. The molecule has 0 bridgehead atoms. The second kappa shape index (κ2) is 8.95. The summed E-state index contributed by atoms with van der Waals surface area (Å²) in [6.07, 6.45) is 0.736. The highest BCUT2D eigenvalue weighted by Gasteiger charge is 2.37. The molecule has 2 saturated heterocycles. The van der Waals surface area contributed by atoms with Gasteiger partial charge in [-0.1, -0.05) is 6.42 Å². The Morgan fingerprint density at radius 3 is 2.75 bits per heavy atom. The van der Waals surface area contributed by atoms with Gasteiger partial charge in [0.15, 0.2) is 28.5 Å². The number of ether oxygens (including phenoxy) is 3. The van der Waals surface area contributed by atoms with Crippen LogP contribution in [0.1, 0.15) is 48.3 Å². The normalized spacial score (nSPS) is 22.0. The molecule has 0 aliphatic carbocycles. The van der Waals surface area contributed by atoms with Crippen LogP contribution in [0.3, 0.4) is 0 Å². The van der Waals surface area contributed by atoms with Crippen molar-refractivity contribution in [2.75, 3.05) is 26.5 Å². The number of nitrogens with zero attached hydrogens (tertiary/aromatic N) is 4. The summed E-state index contributed by atoms with van der Waals surface area (Å²) in [5.41, 5.74) is -0.837. The maximum Gasteiger partial charge on any atom is 0.433 e. The Kier molecular flexibility index (Phi) is 5.74. The van der Waals surface area contributed by atoms with E-state index < -0.39 is 17.8 Å². The largest absolute Gasteiger partial charge is 0.461 e. The van der Waals surface area contributed by atoms with Gasteiger partial charge in [0, 0.05) is 23.6 Å². The Hall–Kier alpha value is -3.34. The summed E-state index contributed by atoms with van der Waals surface area (Å²) in [5, 5.41) is 3.92. The zero-order valence-corrected chi connectivity index (χ0v) is 19.5. The summed E-state index contributed by atoms with van der Waals surface area (Å²) < 4.78 is 58.6. The van der Waals surface area contributed by atoms with Crippen molar-refractivity contribution < 1.29 is 32.2 Å². The van der Waals surface area contributed by atoms with Crippen molar-refractivity contribution >= 4 is 11.6 Å². The van der Waals surface area contributed by atoms with Crippen LogP contribution in [0.25, 0.3) is 16.9 Å². The number of esters is 1. The van der Waals surface area contributed by atoms with Crippen LogP contribution in [0.4, 0.5) is 13.2 Å². The third-order valence-electron chi connectivity index (χ3n) is 7.25. The van der Waals surface area contributed by atoms with Crippen molar-refractivity contribution in [2.24, 2.45) is 5.92 Å². The Morgan fingerprint density at radius 1 is 1.06 bits per heavy atom. The van der Waals surface area contributed by atoms with E-state index >= 15 is 0 Å². The summed E-state index contributed by atoms with van der Waals surface area (Å²) in [4.78, 5) is 19.6. The SMILES string of the molecule is O=C(OC[C@@H]1CCCN2CCCC[C@@H]12)c1cc2nc(-c3ccc4c(c3)OCO4)cc(C(F)(F)F)n2n1. The Bertz CT molecular complexity index is 1310. The maximum absolute atomic E-state index is 13.9. The second-order valence-corrected chi connectivity index (χ2v) is 9.49. The third kappa shape index (κ3) is 4.25. The van der Waals surface area contributed by atoms with Gasteiger partial charge in [0.05, 0.1) is 12.3 Å². The summed E-state index contributed by atoms with van der Waals surface area (Å²) in [6, 6.07) is 7.34. The number of alkyl halides is 3. The van der Waals surface area contributed by atoms with Gasteiger partial charge in [0.2, 0.25) is 6.79 Å². The minimum atomic E-state index is -4.72. The molecule has 6 rings (SSSR count). The van der Waals surface area contributed by atoms with E-state index in [9.17, 15) is 18.0 Å². The molecule has 0 spiro atoms.